The molecule has 1 fully saturated rings. The molecule has 2 aliphatic rings. The monoisotopic (exact) mass is 469 g/mol. The van der Waals surface area contributed by atoms with Crippen LogP contribution in [0.2, 0.25) is 0 Å². The van der Waals surface area contributed by atoms with Crippen molar-refractivity contribution in [3.05, 3.63) is 22.3 Å². The van der Waals surface area contributed by atoms with E-state index in [1.54, 1.807) is 12.3 Å². The van der Waals surface area contributed by atoms with Crippen molar-refractivity contribution in [3.63, 3.8) is 0 Å². The van der Waals surface area contributed by atoms with E-state index in [0.717, 1.165) is 11.3 Å². The molecule has 0 saturated carbocycles. The molecule has 2 atom stereocenters. The lowest BCUT2D eigenvalue weighted by Gasteiger charge is -2.49. The number of quaternary nitrogens is 1. The Kier molecular flexibility index (Phi) is 6.57. The van der Waals surface area contributed by atoms with E-state index in [0.29, 0.717) is 22.4 Å². The van der Waals surface area contributed by atoms with Crippen molar-refractivity contribution >= 4 is 51.7 Å². The lowest BCUT2D eigenvalue weighted by Crippen LogP contribution is -2.71. The van der Waals surface area contributed by atoms with Gasteiger partial charge in [-0.3, -0.25) is 14.5 Å². The summed E-state index contributed by atoms with van der Waals surface area (Å²) in [5, 5.41) is 17.5. The van der Waals surface area contributed by atoms with Crippen LogP contribution >= 0.6 is 23.1 Å². The molecule has 0 aliphatic carbocycles. The number of carbonyl (C=O) groups is 3. The van der Waals surface area contributed by atoms with Gasteiger partial charge in [-0.15, -0.1) is 23.1 Å². The molecule has 0 bridgehead atoms. The van der Waals surface area contributed by atoms with Crippen LogP contribution in [0.1, 0.15) is 12.6 Å². The number of hydrogen-bond donors (Lipinski definition) is 3. The van der Waals surface area contributed by atoms with E-state index >= 15 is 0 Å². The van der Waals surface area contributed by atoms with Gasteiger partial charge < -0.3 is 25.5 Å². The number of anilines is 1. The predicted octanol–water partition coefficient (Wildman–Crippen LogP) is -0.0893. The van der Waals surface area contributed by atoms with Gasteiger partial charge in [0.15, 0.2) is 10.8 Å². The number of oxime groups is 1. The molecule has 1 saturated heterocycles. The van der Waals surface area contributed by atoms with Gasteiger partial charge in [-0.25, -0.2) is 9.78 Å². The molecule has 2 aliphatic heterocycles. The SMILES string of the molecule is CCO/N=C(\C(=O)NC1C(=O)N2C(C(=O)O)=C(C[N+](C)(C)C)CSC12)c1csc(N)n1. The van der Waals surface area contributed by atoms with Gasteiger partial charge in [-0.1, -0.05) is 5.16 Å². The lowest BCUT2D eigenvalue weighted by atomic mass is 10.0. The fraction of sp³-hybridized carbons (Fsp3) is 0.500. The fourth-order valence-electron chi connectivity index (χ4n) is 3.32. The zero-order valence-electron chi connectivity index (χ0n) is 17.6. The number of nitrogens with two attached hydrogens (primary N) is 1. The Hall–Kier alpha value is -2.64. The van der Waals surface area contributed by atoms with Crippen LogP contribution in [0.3, 0.4) is 0 Å². The van der Waals surface area contributed by atoms with E-state index in [-0.39, 0.29) is 28.8 Å². The van der Waals surface area contributed by atoms with Gasteiger partial charge in [0.05, 0.1) is 21.1 Å². The summed E-state index contributed by atoms with van der Waals surface area (Å²) in [7, 11) is 5.86. The Balaban J connectivity index is 1.80. The molecular formula is C18H25N6O5S2+. The van der Waals surface area contributed by atoms with Crippen LogP contribution < -0.4 is 11.1 Å². The van der Waals surface area contributed by atoms with E-state index < -0.39 is 29.2 Å². The number of carboxylic acid groups (broad SMARTS) is 1. The molecule has 0 spiro atoms. The third kappa shape index (κ3) is 4.83. The van der Waals surface area contributed by atoms with Crippen LogP contribution in [0.4, 0.5) is 5.13 Å². The highest BCUT2D eigenvalue weighted by molar-refractivity contribution is 8.00. The van der Waals surface area contributed by atoms with Crippen molar-refractivity contribution in [2.24, 2.45) is 5.16 Å². The van der Waals surface area contributed by atoms with Crippen molar-refractivity contribution in [1.29, 1.82) is 0 Å². The number of thioether (sulfide) groups is 1. The molecule has 4 N–H and O–H groups in total. The molecule has 0 aromatic carbocycles. The Morgan fingerprint density at radius 1 is 1.45 bits per heavy atom. The number of aliphatic carboxylic acids is 1. The van der Waals surface area contributed by atoms with Crippen molar-refractivity contribution in [3.8, 4) is 0 Å². The van der Waals surface area contributed by atoms with Crippen LogP contribution in [-0.4, -0.2) is 94.4 Å². The van der Waals surface area contributed by atoms with Gasteiger partial charge >= 0.3 is 5.97 Å². The Bertz CT molecular complexity index is 967. The maximum absolute atomic E-state index is 12.8. The highest BCUT2D eigenvalue weighted by Crippen LogP contribution is 2.40. The number of carbonyl (C=O) groups excluding carboxylic acids is 2. The summed E-state index contributed by atoms with van der Waals surface area (Å²) < 4.78 is 0.535. The van der Waals surface area contributed by atoms with Gasteiger partial charge in [-0.2, -0.15) is 0 Å². The summed E-state index contributed by atoms with van der Waals surface area (Å²) in [6.07, 6.45) is 0. The topological polar surface area (TPSA) is 147 Å². The Morgan fingerprint density at radius 2 is 2.16 bits per heavy atom. The minimum atomic E-state index is -1.15. The highest BCUT2D eigenvalue weighted by Gasteiger charge is 2.54. The second kappa shape index (κ2) is 8.85. The van der Waals surface area contributed by atoms with Crippen molar-refractivity contribution in [2.75, 3.05) is 45.8 Å². The molecule has 13 heteroatoms. The maximum atomic E-state index is 12.8. The first-order chi connectivity index (χ1) is 14.5. The quantitative estimate of drug-likeness (QED) is 0.207. The smallest absolute Gasteiger partial charge is 0.352 e. The first kappa shape index (κ1) is 23.0. The summed E-state index contributed by atoms with van der Waals surface area (Å²) in [5.41, 5.74) is 6.49. The van der Waals surface area contributed by atoms with Crippen molar-refractivity contribution < 1.29 is 28.8 Å². The van der Waals surface area contributed by atoms with Crippen LogP contribution in [-0.2, 0) is 19.2 Å². The average Bonchev–Trinajstić information content (AvgIpc) is 3.10. The number of thiazole rings is 1. The van der Waals surface area contributed by atoms with E-state index in [1.807, 2.05) is 21.1 Å². The first-order valence-electron chi connectivity index (χ1n) is 9.46. The number of hydrogen-bond acceptors (Lipinski definition) is 9. The first-order valence-corrected chi connectivity index (χ1v) is 11.4. The number of aromatic nitrogens is 1. The molecule has 31 heavy (non-hydrogen) atoms. The Labute approximate surface area is 187 Å². The molecule has 1 aromatic heterocycles. The summed E-state index contributed by atoms with van der Waals surface area (Å²) in [5.74, 6) is -1.81. The van der Waals surface area contributed by atoms with Gasteiger partial charge in [0.1, 0.15) is 36.0 Å². The zero-order chi connectivity index (χ0) is 22.9. The van der Waals surface area contributed by atoms with Gasteiger partial charge in [0.25, 0.3) is 11.8 Å². The van der Waals surface area contributed by atoms with E-state index in [2.05, 4.69) is 15.5 Å². The average molecular weight is 470 g/mol. The van der Waals surface area contributed by atoms with E-state index in [4.69, 9.17) is 10.6 Å². The predicted molar refractivity (Wildman–Crippen MR) is 117 cm³/mol. The molecule has 3 rings (SSSR count). The number of nitrogens with zero attached hydrogens (tertiary/aromatic N) is 4. The zero-order valence-corrected chi connectivity index (χ0v) is 19.2. The molecule has 3 heterocycles. The van der Waals surface area contributed by atoms with Crippen LogP contribution in [0, 0.1) is 0 Å². The molecule has 11 nitrogen and oxygen atoms in total. The Morgan fingerprint density at radius 3 is 2.71 bits per heavy atom. The number of β-lactam (4-membered cyclic amide) rings is 1. The van der Waals surface area contributed by atoms with Crippen molar-refractivity contribution in [2.45, 2.75) is 18.3 Å². The third-order valence-corrected chi connectivity index (χ3v) is 6.48. The summed E-state index contributed by atoms with van der Waals surface area (Å²) in [6, 6.07) is -0.875. The number of nitrogen functional groups attached to an aromatic ring is 1. The number of rotatable bonds is 8. The largest absolute Gasteiger partial charge is 0.477 e. The van der Waals surface area contributed by atoms with Crippen LogP contribution in [0.15, 0.2) is 21.8 Å². The molecule has 2 amide bonds. The molecule has 2 unspecified atom stereocenters. The number of amides is 2. The highest BCUT2D eigenvalue weighted by atomic mass is 32.2. The second-order valence-corrected chi connectivity index (χ2v) is 9.99. The minimum Gasteiger partial charge on any atom is -0.477 e. The normalized spacial score (nSPS) is 21.5. The molecular weight excluding hydrogens is 444 g/mol. The van der Waals surface area contributed by atoms with Gasteiger partial charge in [0.2, 0.25) is 0 Å². The number of carboxylic acids is 1. The van der Waals surface area contributed by atoms with Crippen LogP contribution in [0.5, 0.6) is 0 Å². The van der Waals surface area contributed by atoms with E-state index in [9.17, 15) is 19.5 Å². The standard InChI is InChI=1S/C18H24N6O5S2/c1-5-29-22-11(10-8-31-18(19)20-10)14(25)21-12-15(26)23-13(17(27)28)9(6-24(2,3)4)7-30-16(12)23/h8,12,16H,5-7H2,1-4H3,(H3-,19,20,21,25,27,28)/p+1/b22-11-. The summed E-state index contributed by atoms with van der Waals surface area (Å²) in [6.45, 7) is 2.46. The third-order valence-electron chi connectivity index (χ3n) is 4.47. The maximum Gasteiger partial charge on any atom is 0.352 e. The summed E-state index contributed by atoms with van der Waals surface area (Å²) >= 11 is 2.57. The molecule has 168 valence electrons. The number of likely N-dealkylation sites (N-methyl/N-ethyl adjacent to an activating group) is 1. The summed E-state index contributed by atoms with van der Waals surface area (Å²) in [4.78, 5) is 47.9. The second-order valence-electron chi connectivity index (χ2n) is 8.00. The number of fused-ring (bicyclic) bond motifs is 1. The van der Waals surface area contributed by atoms with Gasteiger partial charge in [-0.05, 0) is 6.92 Å². The molecule has 0 radical (unpaired) electrons. The molecule has 1 aromatic rings. The number of nitrogens with one attached hydrogen (secondary N) is 1. The fourth-order valence-corrected chi connectivity index (χ4v) is 5.20. The lowest BCUT2D eigenvalue weighted by molar-refractivity contribution is -0.865. The van der Waals surface area contributed by atoms with Gasteiger partial charge in [0, 0.05) is 16.7 Å². The minimum absolute atomic E-state index is 0.00257. The van der Waals surface area contributed by atoms with Crippen LogP contribution in [0.25, 0.3) is 0 Å². The van der Waals surface area contributed by atoms with Crippen molar-refractivity contribution in [1.82, 2.24) is 15.2 Å². The van der Waals surface area contributed by atoms with E-state index in [1.165, 1.54) is 16.7 Å².